The zero-order valence-corrected chi connectivity index (χ0v) is 13.0. The molecule has 4 atom stereocenters. The predicted octanol–water partition coefficient (Wildman–Crippen LogP) is 1.46. The zero-order chi connectivity index (χ0) is 14.1. The molecule has 2 bridgehead atoms. The smallest absolute Gasteiger partial charge is 0.239 e. The van der Waals surface area contributed by atoms with Gasteiger partial charge in [-0.05, 0) is 51.6 Å². The molecule has 3 aliphatic heterocycles. The molecule has 3 rings (SSSR count). The average Bonchev–Trinajstić information content (AvgIpc) is 2.71. The van der Waals surface area contributed by atoms with Crippen molar-refractivity contribution in [1.29, 1.82) is 0 Å². The molecule has 0 aromatic heterocycles. The van der Waals surface area contributed by atoms with Crippen LogP contribution in [0.1, 0.15) is 45.4 Å². The van der Waals surface area contributed by atoms with E-state index >= 15 is 0 Å². The van der Waals surface area contributed by atoms with Gasteiger partial charge in [0.05, 0.1) is 6.04 Å². The van der Waals surface area contributed by atoms with Gasteiger partial charge < -0.3 is 10.2 Å². The van der Waals surface area contributed by atoms with Crippen LogP contribution in [0.3, 0.4) is 0 Å². The number of carbonyl (C=O) groups excluding carboxylic acids is 1. The molecule has 4 unspecified atom stereocenters. The first kappa shape index (κ1) is 14.3. The Morgan fingerprint density at radius 2 is 2.00 bits per heavy atom. The third kappa shape index (κ3) is 2.73. The molecular weight excluding hydrogens is 250 g/mol. The maximum Gasteiger partial charge on any atom is 0.239 e. The molecule has 0 spiro atoms. The van der Waals surface area contributed by atoms with Crippen LogP contribution in [-0.2, 0) is 4.79 Å². The van der Waals surface area contributed by atoms with E-state index in [1.807, 2.05) is 0 Å². The van der Waals surface area contributed by atoms with Gasteiger partial charge in [0.15, 0.2) is 0 Å². The minimum absolute atomic E-state index is 0.0793. The number of nitrogens with one attached hydrogen (secondary N) is 1. The Morgan fingerprint density at radius 3 is 2.80 bits per heavy atom. The minimum atomic E-state index is 0.0793. The van der Waals surface area contributed by atoms with E-state index in [9.17, 15) is 4.79 Å². The predicted molar refractivity (Wildman–Crippen MR) is 80.6 cm³/mol. The lowest BCUT2D eigenvalue weighted by Gasteiger charge is -2.34. The van der Waals surface area contributed by atoms with Crippen LogP contribution in [0.4, 0.5) is 0 Å². The number of amides is 1. The number of hydrogen-bond donors (Lipinski definition) is 1. The highest BCUT2D eigenvalue weighted by Gasteiger charge is 2.38. The van der Waals surface area contributed by atoms with Crippen LogP contribution < -0.4 is 5.32 Å². The molecule has 3 aliphatic rings. The van der Waals surface area contributed by atoms with E-state index in [0.717, 1.165) is 38.4 Å². The summed E-state index contributed by atoms with van der Waals surface area (Å²) < 4.78 is 0. The Hall–Kier alpha value is -0.610. The molecule has 0 aromatic rings. The van der Waals surface area contributed by atoms with E-state index in [2.05, 4.69) is 29.1 Å². The Morgan fingerprint density at radius 1 is 1.20 bits per heavy atom. The van der Waals surface area contributed by atoms with E-state index in [1.165, 1.54) is 25.7 Å². The summed E-state index contributed by atoms with van der Waals surface area (Å²) in [5, 5.41) is 3.45. The van der Waals surface area contributed by atoms with Crippen LogP contribution >= 0.6 is 0 Å². The number of nitrogens with zero attached hydrogens (tertiary/aromatic N) is 2. The molecule has 4 heteroatoms. The van der Waals surface area contributed by atoms with Crippen molar-refractivity contribution in [3.05, 3.63) is 0 Å². The maximum atomic E-state index is 12.8. The summed E-state index contributed by atoms with van der Waals surface area (Å²) in [6, 6.07) is 1.38. The fraction of sp³-hybridized carbons (Fsp3) is 0.938. The van der Waals surface area contributed by atoms with Crippen LogP contribution in [0, 0.1) is 5.92 Å². The number of fused-ring (bicyclic) bond motifs is 2. The molecule has 3 saturated heterocycles. The molecule has 20 heavy (non-hydrogen) atoms. The first-order chi connectivity index (χ1) is 9.69. The van der Waals surface area contributed by atoms with Gasteiger partial charge in [-0.1, -0.05) is 13.3 Å². The van der Waals surface area contributed by atoms with Crippen LogP contribution in [-0.4, -0.2) is 60.5 Å². The Balaban J connectivity index is 1.62. The second kappa shape index (κ2) is 6.02. The molecule has 0 aromatic carbocycles. The summed E-state index contributed by atoms with van der Waals surface area (Å²) in [5.41, 5.74) is 0. The highest BCUT2D eigenvalue weighted by Crippen LogP contribution is 2.29. The van der Waals surface area contributed by atoms with Crippen molar-refractivity contribution in [1.82, 2.24) is 15.1 Å². The van der Waals surface area contributed by atoms with Gasteiger partial charge >= 0.3 is 0 Å². The molecule has 4 nitrogen and oxygen atoms in total. The minimum Gasteiger partial charge on any atom is -0.340 e. The van der Waals surface area contributed by atoms with E-state index in [4.69, 9.17) is 0 Å². The largest absolute Gasteiger partial charge is 0.340 e. The quantitative estimate of drug-likeness (QED) is 0.831. The molecule has 0 saturated carbocycles. The topological polar surface area (TPSA) is 35.6 Å². The average molecular weight is 279 g/mol. The molecule has 0 radical (unpaired) electrons. The third-order valence-corrected chi connectivity index (χ3v) is 5.85. The van der Waals surface area contributed by atoms with Gasteiger partial charge in [0.2, 0.25) is 5.91 Å². The van der Waals surface area contributed by atoms with Crippen molar-refractivity contribution in [3.8, 4) is 0 Å². The zero-order valence-electron chi connectivity index (χ0n) is 13.0. The lowest BCUT2D eigenvalue weighted by Crippen LogP contribution is -2.52. The van der Waals surface area contributed by atoms with Crippen molar-refractivity contribution >= 4 is 5.91 Å². The number of piperidine rings is 1. The lowest BCUT2D eigenvalue weighted by atomic mass is 9.89. The lowest BCUT2D eigenvalue weighted by molar-refractivity contribution is -0.134. The number of likely N-dealkylation sites (tertiary alicyclic amines) is 1. The van der Waals surface area contributed by atoms with E-state index < -0.39 is 0 Å². The van der Waals surface area contributed by atoms with Crippen LogP contribution in [0.15, 0.2) is 0 Å². The number of likely N-dealkylation sites (N-methyl/N-ethyl adjacent to an activating group) is 1. The monoisotopic (exact) mass is 279 g/mol. The highest BCUT2D eigenvalue weighted by molar-refractivity contribution is 5.82. The third-order valence-electron chi connectivity index (χ3n) is 5.85. The fourth-order valence-corrected chi connectivity index (χ4v) is 4.28. The maximum absolute atomic E-state index is 12.8. The van der Waals surface area contributed by atoms with Crippen molar-refractivity contribution in [3.63, 3.8) is 0 Å². The summed E-state index contributed by atoms with van der Waals surface area (Å²) in [5.74, 6) is 1.10. The number of hydrogen-bond acceptors (Lipinski definition) is 3. The molecule has 3 heterocycles. The van der Waals surface area contributed by atoms with E-state index in [0.29, 0.717) is 18.0 Å². The van der Waals surface area contributed by atoms with Gasteiger partial charge in [0.25, 0.3) is 0 Å². The SMILES string of the molecule is CCC1CCNC(C(=O)N2CCC3CCC(C2)N3C)C1. The van der Waals surface area contributed by atoms with Crippen LogP contribution in [0.2, 0.25) is 0 Å². The van der Waals surface area contributed by atoms with Gasteiger partial charge in [-0.3, -0.25) is 9.69 Å². The standard InChI is InChI=1S/C16H29N3O/c1-3-12-6-8-17-15(10-12)16(20)19-9-7-13-4-5-14(11-19)18(13)2/h12-15,17H,3-11H2,1-2H3. The molecule has 114 valence electrons. The van der Waals surface area contributed by atoms with Gasteiger partial charge in [0, 0.05) is 25.2 Å². The Labute approximate surface area is 122 Å². The number of carbonyl (C=O) groups is 1. The summed E-state index contributed by atoms with van der Waals surface area (Å²) in [6.07, 6.45) is 7.22. The molecule has 3 fully saturated rings. The van der Waals surface area contributed by atoms with Gasteiger partial charge in [-0.2, -0.15) is 0 Å². The van der Waals surface area contributed by atoms with Crippen molar-refractivity contribution in [2.45, 2.75) is 63.6 Å². The fourth-order valence-electron chi connectivity index (χ4n) is 4.28. The van der Waals surface area contributed by atoms with Crippen LogP contribution in [0.25, 0.3) is 0 Å². The second-order valence-corrected chi connectivity index (χ2v) is 6.93. The highest BCUT2D eigenvalue weighted by atomic mass is 16.2. The van der Waals surface area contributed by atoms with Crippen molar-refractivity contribution in [2.24, 2.45) is 5.92 Å². The normalized spacial score (nSPS) is 38.8. The van der Waals surface area contributed by atoms with Gasteiger partial charge in [-0.25, -0.2) is 0 Å². The molecule has 0 aliphatic carbocycles. The molecular formula is C16H29N3O. The number of rotatable bonds is 2. The first-order valence-corrected chi connectivity index (χ1v) is 8.43. The summed E-state index contributed by atoms with van der Waals surface area (Å²) >= 11 is 0. The van der Waals surface area contributed by atoms with Gasteiger partial charge in [0.1, 0.15) is 0 Å². The Bertz CT molecular complexity index is 360. The van der Waals surface area contributed by atoms with Gasteiger partial charge in [-0.15, -0.1) is 0 Å². The van der Waals surface area contributed by atoms with E-state index in [1.54, 1.807) is 0 Å². The second-order valence-electron chi connectivity index (χ2n) is 6.93. The van der Waals surface area contributed by atoms with Crippen molar-refractivity contribution < 1.29 is 4.79 Å². The molecule has 1 N–H and O–H groups in total. The van der Waals surface area contributed by atoms with E-state index in [-0.39, 0.29) is 6.04 Å². The van der Waals surface area contributed by atoms with Crippen molar-refractivity contribution in [2.75, 3.05) is 26.7 Å². The Kier molecular flexibility index (Phi) is 4.32. The summed E-state index contributed by atoms with van der Waals surface area (Å²) in [6.45, 7) is 5.16. The summed E-state index contributed by atoms with van der Waals surface area (Å²) in [4.78, 5) is 17.5. The first-order valence-electron chi connectivity index (χ1n) is 8.43. The van der Waals surface area contributed by atoms with Crippen LogP contribution in [0.5, 0.6) is 0 Å². The summed E-state index contributed by atoms with van der Waals surface area (Å²) in [7, 11) is 2.24. The molecule has 1 amide bonds.